The number of nitrogens with zero attached hydrogens (tertiary/aromatic N) is 3. The zero-order chi connectivity index (χ0) is 18.2. The second-order valence-corrected chi connectivity index (χ2v) is 6.62. The number of benzene rings is 1. The van der Waals surface area contributed by atoms with Crippen LogP contribution in [0.4, 0.5) is 10.5 Å². The van der Waals surface area contributed by atoms with Crippen molar-refractivity contribution in [1.82, 2.24) is 25.9 Å². The summed E-state index contributed by atoms with van der Waals surface area (Å²) in [5.41, 5.74) is 0.573. The topological polar surface area (TPSA) is 122 Å². The van der Waals surface area contributed by atoms with Crippen molar-refractivity contribution in [1.29, 1.82) is 0 Å². The van der Waals surface area contributed by atoms with Gasteiger partial charge in [-0.25, -0.2) is 4.79 Å². The van der Waals surface area contributed by atoms with Gasteiger partial charge in [-0.05, 0) is 36.6 Å². The molecule has 0 bridgehead atoms. The average molecular weight is 411 g/mol. The van der Waals surface area contributed by atoms with Gasteiger partial charge in [-0.2, -0.15) is 5.21 Å². The minimum atomic E-state index is -0.914. The predicted molar refractivity (Wildman–Crippen MR) is 93.5 cm³/mol. The van der Waals surface area contributed by atoms with Crippen molar-refractivity contribution in [3.63, 3.8) is 0 Å². The zero-order valence-electron chi connectivity index (χ0n) is 13.8. The van der Waals surface area contributed by atoms with Crippen LogP contribution >= 0.6 is 15.9 Å². The highest BCUT2D eigenvalue weighted by atomic mass is 79.9. The maximum Gasteiger partial charge on any atom is 0.412 e. The number of H-pyrrole nitrogens is 1. The van der Waals surface area contributed by atoms with Crippen molar-refractivity contribution < 1.29 is 14.3 Å². The van der Waals surface area contributed by atoms with E-state index in [2.05, 4.69) is 47.2 Å². The molecule has 2 aromatic rings. The lowest BCUT2D eigenvalue weighted by Crippen LogP contribution is -2.39. The summed E-state index contributed by atoms with van der Waals surface area (Å²) in [4.78, 5) is 24.4. The first kappa shape index (κ1) is 18.8. The van der Waals surface area contributed by atoms with E-state index in [1.54, 1.807) is 24.3 Å². The highest BCUT2D eigenvalue weighted by Gasteiger charge is 2.24. The van der Waals surface area contributed by atoms with Crippen molar-refractivity contribution in [3.8, 4) is 0 Å². The molecule has 3 N–H and O–H groups in total. The summed E-state index contributed by atoms with van der Waals surface area (Å²) >= 11 is 3.32. The minimum absolute atomic E-state index is 0.0988. The third kappa shape index (κ3) is 6.49. The number of amides is 2. The number of ether oxygens (including phenoxy) is 1. The summed E-state index contributed by atoms with van der Waals surface area (Å²) in [6, 6.07) is 7.02. The Hall–Kier alpha value is -2.49. The van der Waals surface area contributed by atoms with E-state index in [1.807, 2.05) is 13.8 Å². The summed E-state index contributed by atoms with van der Waals surface area (Å²) in [5.74, 6) is 0.0989. The van der Waals surface area contributed by atoms with Crippen LogP contribution in [0.1, 0.15) is 26.1 Å². The lowest BCUT2D eigenvalue weighted by molar-refractivity contribution is -0.130. The van der Waals surface area contributed by atoms with E-state index in [9.17, 15) is 9.59 Å². The molecule has 2 rings (SSSR count). The quantitative estimate of drug-likeness (QED) is 0.643. The first-order valence-corrected chi connectivity index (χ1v) is 8.46. The van der Waals surface area contributed by atoms with Crippen LogP contribution in [-0.2, 0) is 16.1 Å². The van der Waals surface area contributed by atoms with E-state index < -0.39 is 18.1 Å². The molecule has 1 atom stereocenters. The van der Waals surface area contributed by atoms with Crippen molar-refractivity contribution in [3.05, 3.63) is 34.6 Å². The molecule has 0 spiro atoms. The van der Waals surface area contributed by atoms with E-state index in [-0.39, 0.29) is 12.5 Å². The normalized spacial score (nSPS) is 11.8. The standard InChI is InChI=1S/C15H19BrN6O3/c1-9(2)7-12(14(23)17-8-13-19-21-22-20-13)25-15(24)18-11-5-3-10(16)4-6-11/h3-6,9,12H,7-8H2,1-2H3,(H,17,23)(H,18,24)(H,19,20,21,22)/t12-/m0/s1. The van der Waals surface area contributed by atoms with Crippen molar-refractivity contribution in [2.24, 2.45) is 5.92 Å². The molecule has 0 unspecified atom stereocenters. The maximum atomic E-state index is 12.3. The minimum Gasteiger partial charge on any atom is -0.436 e. The summed E-state index contributed by atoms with van der Waals surface area (Å²) < 4.78 is 6.18. The van der Waals surface area contributed by atoms with Gasteiger partial charge < -0.3 is 10.1 Å². The first-order chi connectivity index (χ1) is 11.9. The molecule has 0 radical (unpaired) electrons. The van der Waals surface area contributed by atoms with E-state index in [4.69, 9.17) is 4.74 Å². The predicted octanol–water partition coefficient (Wildman–Crippen LogP) is 2.24. The maximum absolute atomic E-state index is 12.3. The number of hydrogen-bond donors (Lipinski definition) is 3. The second kappa shape index (κ2) is 9.11. The highest BCUT2D eigenvalue weighted by molar-refractivity contribution is 9.10. The van der Waals surface area contributed by atoms with Gasteiger partial charge >= 0.3 is 6.09 Å². The molecule has 134 valence electrons. The Balaban J connectivity index is 1.92. The second-order valence-electron chi connectivity index (χ2n) is 5.70. The molecule has 0 fully saturated rings. The third-order valence-electron chi connectivity index (χ3n) is 3.13. The van der Waals surface area contributed by atoms with Crippen molar-refractivity contribution in [2.45, 2.75) is 32.9 Å². The molecular weight excluding hydrogens is 392 g/mol. The number of aromatic amines is 1. The summed E-state index contributed by atoms with van der Waals surface area (Å²) in [7, 11) is 0. The molecule has 25 heavy (non-hydrogen) atoms. The van der Waals surface area contributed by atoms with Crippen LogP contribution < -0.4 is 10.6 Å². The third-order valence-corrected chi connectivity index (χ3v) is 3.66. The van der Waals surface area contributed by atoms with E-state index in [1.165, 1.54) is 0 Å². The number of aromatic nitrogens is 4. The number of nitrogens with one attached hydrogen (secondary N) is 3. The number of anilines is 1. The highest BCUT2D eigenvalue weighted by Crippen LogP contribution is 2.15. The van der Waals surface area contributed by atoms with Crippen LogP contribution in [0.2, 0.25) is 0 Å². The monoisotopic (exact) mass is 410 g/mol. The lowest BCUT2D eigenvalue weighted by atomic mass is 10.1. The summed E-state index contributed by atoms with van der Waals surface area (Å²) in [6.45, 7) is 3.98. The van der Waals surface area contributed by atoms with E-state index >= 15 is 0 Å². The largest absolute Gasteiger partial charge is 0.436 e. The molecule has 2 amide bonds. The molecule has 1 heterocycles. The number of carbonyl (C=O) groups is 2. The molecule has 10 heteroatoms. The van der Waals surface area contributed by atoms with Gasteiger partial charge in [-0.3, -0.25) is 10.1 Å². The summed E-state index contributed by atoms with van der Waals surface area (Å²) in [5, 5.41) is 18.4. The molecule has 0 aliphatic rings. The van der Waals surface area contributed by atoms with Gasteiger partial charge in [-0.15, -0.1) is 10.2 Å². The van der Waals surface area contributed by atoms with Gasteiger partial charge in [0.15, 0.2) is 11.9 Å². The van der Waals surface area contributed by atoms with Gasteiger partial charge in [-0.1, -0.05) is 35.0 Å². The van der Waals surface area contributed by atoms with Crippen LogP contribution in [0.5, 0.6) is 0 Å². The Labute approximate surface area is 153 Å². The van der Waals surface area contributed by atoms with Crippen molar-refractivity contribution >= 4 is 33.6 Å². The molecule has 0 saturated heterocycles. The van der Waals surface area contributed by atoms with Crippen molar-refractivity contribution in [2.75, 3.05) is 5.32 Å². The number of carbonyl (C=O) groups excluding carboxylic acids is 2. The van der Waals surface area contributed by atoms with Crippen LogP contribution in [0.3, 0.4) is 0 Å². The fourth-order valence-electron chi connectivity index (χ4n) is 1.98. The van der Waals surface area contributed by atoms with Gasteiger partial charge in [0.25, 0.3) is 5.91 Å². The fourth-order valence-corrected chi connectivity index (χ4v) is 2.25. The van der Waals surface area contributed by atoms with Crippen LogP contribution in [-0.4, -0.2) is 38.7 Å². The Bertz CT molecular complexity index is 690. The van der Waals surface area contributed by atoms with Gasteiger partial charge in [0.1, 0.15) is 0 Å². The lowest BCUT2D eigenvalue weighted by Gasteiger charge is -2.19. The Morgan fingerprint density at radius 3 is 2.60 bits per heavy atom. The average Bonchev–Trinajstić information content (AvgIpc) is 3.07. The van der Waals surface area contributed by atoms with E-state index in [0.29, 0.717) is 17.9 Å². The number of hydrogen-bond acceptors (Lipinski definition) is 6. The van der Waals surface area contributed by atoms with Gasteiger partial charge in [0, 0.05) is 10.2 Å². The Morgan fingerprint density at radius 1 is 1.28 bits per heavy atom. The first-order valence-electron chi connectivity index (χ1n) is 7.67. The van der Waals surface area contributed by atoms with Crippen LogP contribution in [0.15, 0.2) is 28.7 Å². The van der Waals surface area contributed by atoms with Gasteiger partial charge in [0.2, 0.25) is 0 Å². The molecule has 0 aliphatic carbocycles. The Kier molecular flexibility index (Phi) is 6.87. The molecule has 9 nitrogen and oxygen atoms in total. The molecule has 0 saturated carbocycles. The molecular formula is C15H19BrN6O3. The van der Waals surface area contributed by atoms with Crippen LogP contribution in [0, 0.1) is 5.92 Å². The molecule has 1 aromatic heterocycles. The molecule has 1 aromatic carbocycles. The Morgan fingerprint density at radius 2 is 2.00 bits per heavy atom. The SMILES string of the molecule is CC(C)C[C@H](OC(=O)Nc1ccc(Br)cc1)C(=O)NCc1nn[nH]n1. The van der Waals surface area contributed by atoms with Gasteiger partial charge in [0.05, 0.1) is 6.54 Å². The zero-order valence-corrected chi connectivity index (χ0v) is 15.4. The van der Waals surface area contributed by atoms with E-state index in [0.717, 1.165) is 4.47 Å². The fraction of sp³-hybridized carbons (Fsp3) is 0.400. The smallest absolute Gasteiger partial charge is 0.412 e. The number of tetrazole rings is 1. The molecule has 0 aliphatic heterocycles. The number of rotatable bonds is 7. The number of halogens is 1. The summed E-state index contributed by atoms with van der Waals surface area (Å²) in [6.07, 6.45) is -1.21. The van der Waals surface area contributed by atoms with Crippen LogP contribution in [0.25, 0.3) is 0 Å².